The van der Waals surface area contributed by atoms with Gasteiger partial charge in [-0.15, -0.1) is 0 Å². The van der Waals surface area contributed by atoms with Crippen LogP contribution >= 0.6 is 0 Å². The molecule has 0 radical (unpaired) electrons. The van der Waals surface area contributed by atoms with E-state index in [-0.39, 0.29) is 0 Å². The summed E-state index contributed by atoms with van der Waals surface area (Å²) in [6.07, 6.45) is 1.34. The van der Waals surface area contributed by atoms with Crippen LogP contribution in [0.2, 0.25) is 0 Å². The van der Waals surface area contributed by atoms with Gasteiger partial charge in [-0.2, -0.15) is 0 Å². The highest BCUT2D eigenvalue weighted by atomic mass is 15.2. The van der Waals surface area contributed by atoms with Crippen LogP contribution in [0.1, 0.15) is 45.7 Å². The average Bonchev–Trinajstić information content (AvgIpc) is 2.74. The van der Waals surface area contributed by atoms with Crippen molar-refractivity contribution >= 4 is 0 Å². The molecule has 1 aromatic carbocycles. The Hall–Kier alpha value is -0.820. The van der Waals surface area contributed by atoms with E-state index in [0.717, 1.165) is 11.8 Å². The molecule has 1 aliphatic rings. The Morgan fingerprint density at radius 3 is 2.24 bits per heavy atom. The summed E-state index contributed by atoms with van der Waals surface area (Å²) in [4.78, 5) is 2.67. The molecule has 1 aromatic rings. The molecule has 1 heteroatoms. The van der Waals surface area contributed by atoms with Crippen LogP contribution in [-0.2, 0) is 0 Å². The summed E-state index contributed by atoms with van der Waals surface area (Å²) in [6, 6.07) is 12.3. The smallest absolute Gasteiger partial charge is 0.0381 e. The van der Waals surface area contributed by atoms with Crippen LogP contribution < -0.4 is 0 Å². The summed E-state index contributed by atoms with van der Waals surface area (Å²) in [5.74, 6) is 1.57. The van der Waals surface area contributed by atoms with E-state index in [0.29, 0.717) is 12.1 Å². The lowest BCUT2D eigenvalue weighted by Crippen LogP contribution is -2.32. The number of nitrogens with zero attached hydrogens (tertiary/aromatic N) is 1. The second kappa shape index (κ2) is 5.22. The first kappa shape index (κ1) is 12.6. The molecule has 2 rings (SSSR count). The Labute approximate surface area is 106 Å². The Morgan fingerprint density at radius 2 is 1.71 bits per heavy atom. The largest absolute Gasteiger partial charge is 0.294 e. The van der Waals surface area contributed by atoms with Gasteiger partial charge in [-0.25, -0.2) is 0 Å². The fourth-order valence-corrected chi connectivity index (χ4v) is 3.21. The van der Waals surface area contributed by atoms with E-state index in [4.69, 9.17) is 0 Å². The lowest BCUT2D eigenvalue weighted by molar-refractivity contribution is 0.166. The van der Waals surface area contributed by atoms with Crippen LogP contribution in [0, 0.1) is 11.8 Å². The minimum atomic E-state index is 0.621. The van der Waals surface area contributed by atoms with Gasteiger partial charge in [0, 0.05) is 12.1 Å². The van der Waals surface area contributed by atoms with Crippen molar-refractivity contribution in [3.63, 3.8) is 0 Å². The SMILES string of the molecule is CC(C)C1CCN(C(C)C)C1c1ccccc1. The third-order valence-electron chi connectivity index (χ3n) is 4.14. The Bertz CT molecular complexity index is 326. The molecular weight excluding hydrogens is 206 g/mol. The molecule has 2 unspecified atom stereocenters. The van der Waals surface area contributed by atoms with Gasteiger partial charge in [0.05, 0.1) is 0 Å². The lowest BCUT2D eigenvalue weighted by atomic mass is 9.85. The summed E-state index contributed by atoms with van der Waals surface area (Å²) in [5, 5.41) is 0. The first-order chi connectivity index (χ1) is 8.11. The van der Waals surface area contributed by atoms with E-state index >= 15 is 0 Å². The third kappa shape index (κ3) is 2.55. The van der Waals surface area contributed by atoms with Crippen molar-refractivity contribution in [1.29, 1.82) is 0 Å². The predicted molar refractivity (Wildman–Crippen MR) is 74.0 cm³/mol. The van der Waals surface area contributed by atoms with E-state index in [2.05, 4.69) is 62.9 Å². The molecule has 1 heterocycles. The van der Waals surface area contributed by atoms with E-state index in [9.17, 15) is 0 Å². The first-order valence-electron chi connectivity index (χ1n) is 6.92. The number of benzene rings is 1. The molecule has 0 aromatic heterocycles. The van der Waals surface area contributed by atoms with Crippen molar-refractivity contribution in [1.82, 2.24) is 4.90 Å². The second-order valence-electron chi connectivity index (χ2n) is 5.88. The maximum atomic E-state index is 2.67. The van der Waals surface area contributed by atoms with Gasteiger partial charge >= 0.3 is 0 Å². The molecule has 17 heavy (non-hydrogen) atoms. The summed E-state index contributed by atoms with van der Waals surface area (Å²) in [7, 11) is 0. The molecule has 0 saturated carbocycles. The molecule has 1 saturated heterocycles. The predicted octanol–water partition coefficient (Wildman–Crippen LogP) is 4.11. The van der Waals surface area contributed by atoms with Gasteiger partial charge in [0.2, 0.25) is 0 Å². The average molecular weight is 231 g/mol. The van der Waals surface area contributed by atoms with Crippen molar-refractivity contribution in [3.05, 3.63) is 35.9 Å². The highest BCUT2D eigenvalue weighted by molar-refractivity contribution is 5.21. The van der Waals surface area contributed by atoms with E-state index in [1.165, 1.54) is 18.5 Å². The second-order valence-corrected chi connectivity index (χ2v) is 5.88. The first-order valence-corrected chi connectivity index (χ1v) is 6.92. The lowest BCUT2D eigenvalue weighted by Gasteiger charge is -2.33. The molecule has 0 spiro atoms. The third-order valence-corrected chi connectivity index (χ3v) is 4.14. The Morgan fingerprint density at radius 1 is 1.06 bits per heavy atom. The Balaban J connectivity index is 2.30. The molecule has 1 fully saturated rings. The van der Waals surface area contributed by atoms with E-state index in [1.807, 2.05) is 0 Å². The standard InChI is InChI=1S/C16H25N/c1-12(2)15-10-11-17(13(3)4)16(15)14-8-6-5-7-9-14/h5-9,12-13,15-16H,10-11H2,1-4H3. The van der Waals surface area contributed by atoms with Crippen molar-refractivity contribution in [2.45, 2.75) is 46.2 Å². The van der Waals surface area contributed by atoms with Gasteiger partial charge < -0.3 is 0 Å². The number of likely N-dealkylation sites (tertiary alicyclic amines) is 1. The topological polar surface area (TPSA) is 3.24 Å². The van der Waals surface area contributed by atoms with Crippen molar-refractivity contribution < 1.29 is 0 Å². The monoisotopic (exact) mass is 231 g/mol. The van der Waals surface area contributed by atoms with Crippen LogP contribution in [0.4, 0.5) is 0 Å². The highest BCUT2D eigenvalue weighted by Crippen LogP contribution is 2.42. The van der Waals surface area contributed by atoms with Crippen LogP contribution in [-0.4, -0.2) is 17.5 Å². The minimum absolute atomic E-state index is 0.621. The van der Waals surface area contributed by atoms with Crippen molar-refractivity contribution in [3.8, 4) is 0 Å². The van der Waals surface area contributed by atoms with Crippen LogP contribution in [0.5, 0.6) is 0 Å². The van der Waals surface area contributed by atoms with Crippen molar-refractivity contribution in [2.75, 3.05) is 6.54 Å². The fourth-order valence-electron chi connectivity index (χ4n) is 3.21. The maximum absolute atomic E-state index is 2.67. The molecule has 0 aliphatic carbocycles. The molecule has 94 valence electrons. The molecule has 0 amide bonds. The van der Waals surface area contributed by atoms with Crippen LogP contribution in [0.25, 0.3) is 0 Å². The van der Waals surface area contributed by atoms with Gasteiger partial charge in [0.1, 0.15) is 0 Å². The summed E-state index contributed by atoms with van der Waals surface area (Å²) in [6.45, 7) is 10.6. The molecule has 2 atom stereocenters. The van der Waals surface area contributed by atoms with Gasteiger partial charge in [-0.05, 0) is 44.2 Å². The summed E-state index contributed by atoms with van der Waals surface area (Å²) < 4.78 is 0. The van der Waals surface area contributed by atoms with Gasteiger partial charge in [0.15, 0.2) is 0 Å². The fraction of sp³-hybridized carbons (Fsp3) is 0.625. The number of hydrogen-bond acceptors (Lipinski definition) is 1. The molecule has 0 bridgehead atoms. The summed E-state index contributed by atoms with van der Waals surface area (Å²) in [5.41, 5.74) is 1.50. The van der Waals surface area contributed by atoms with Gasteiger partial charge in [-0.1, -0.05) is 44.2 Å². The Kier molecular flexibility index (Phi) is 3.88. The van der Waals surface area contributed by atoms with Crippen LogP contribution in [0.3, 0.4) is 0 Å². The molecule has 1 aliphatic heterocycles. The van der Waals surface area contributed by atoms with E-state index < -0.39 is 0 Å². The number of hydrogen-bond donors (Lipinski definition) is 0. The number of rotatable bonds is 3. The normalized spacial score (nSPS) is 26.0. The van der Waals surface area contributed by atoms with Gasteiger partial charge in [0.25, 0.3) is 0 Å². The maximum Gasteiger partial charge on any atom is 0.0381 e. The zero-order valence-corrected chi connectivity index (χ0v) is 11.6. The zero-order chi connectivity index (χ0) is 12.4. The molecular formula is C16H25N. The van der Waals surface area contributed by atoms with E-state index in [1.54, 1.807) is 0 Å². The molecule has 0 N–H and O–H groups in total. The summed E-state index contributed by atoms with van der Waals surface area (Å²) >= 11 is 0. The van der Waals surface area contributed by atoms with Gasteiger partial charge in [-0.3, -0.25) is 4.90 Å². The zero-order valence-electron chi connectivity index (χ0n) is 11.6. The van der Waals surface area contributed by atoms with Crippen LogP contribution in [0.15, 0.2) is 30.3 Å². The van der Waals surface area contributed by atoms with Crippen molar-refractivity contribution in [2.24, 2.45) is 11.8 Å². The molecule has 1 nitrogen and oxygen atoms in total. The minimum Gasteiger partial charge on any atom is -0.294 e. The quantitative estimate of drug-likeness (QED) is 0.756. The highest BCUT2D eigenvalue weighted by Gasteiger charge is 2.37.